The maximum Gasteiger partial charge on any atom is 0.411 e. The molecule has 2 atom stereocenters. The van der Waals surface area contributed by atoms with Crippen molar-refractivity contribution in [3.63, 3.8) is 0 Å². The van der Waals surface area contributed by atoms with Gasteiger partial charge in [0.25, 0.3) is 0 Å². The fourth-order valence-corrected chi connectivity index (χ4v) is 5.20. The number of ether oxygens (including phenoxy) is 3. The summed E-state index contributed by atoms with van der Waals surface area (Å²) in [5, 5.41) is 3.78. The van der Waals surface area contributed by atoms with E-state index in [4.69, 9.17) is 37.4 Å². The van der Waals surface area contributed by atoms with Crippen LogP contribution in [-0.2, 0) is 32.1 Å². The summed E-state index contributed by atoms with van der Waals surface area (Å²) in [6.07, 6.45) is -0.373. The van der Waals surface area contributed by atoms with Crippen LogP contribution in [-0.4, -0.2) is 59.3 Å². The van der Waals surface area contributed by atoms with Crippen LogP contribution in [0.3, 0.4) is 0 Å². The van der Waals surface area contributed by atoms with E-state index in [2.05, 4.69) is 5.32 Å². The van der Waals surface area contributed by atoms with Crippen LogP contribution in [0, 0.1) is 0 Å². The highest BCUT2D eigenvalue weighted by Crippen LogP contribution is 2.27. The van der Waals surface area contributed by atoms with Crippen molar-refractivity contribution >= 4 is 52.9 Å². The van der Waals surface area contributed by atoms with Crippen molar-refractivity contribution in [1.82, 2.24) is 10.2 Å². The lowest BCUT2D eigenvalue weighted by Crippen LogP contribution is -2.53. The molecule has 0 spiro atoms. The Morgan fingerprint density at radius 3 is 2.35 bits per heavy atom. The van der Waals surface area contributed by atoms with E-state index in [0.29, 0.717) is 33.0 Å². The third-order valence-corrected chi connectivity index (χ3v) is 7.14. The number of carbonyl (C=O) groups excluding carboxylic acids is 3. The summed E-state index contributed by atoms with van der Waals surface area (Å²) in [7, 11) is 1.26. The molecule has 1 unspecified atom stereocenters. The summed E-state index contributed by atoms with van der Waals surface area (Å²) in [4.78, 5) is 39.4. The SMILES string of the molecule is COC(=O)[C@H](Cc1ccc(OCc2c(Cl)cccc2Cl)cc1)NC(=O)C1CSCN1C(=O)OC(C)(C)C. The van der Waals surface area contributed by atoms with Crippen LogP contribution in [0.5, 0.6) is 5.75 Å². The zero-order valence-electron chi connectivity index (χ0n) is 21.1. The van der Waals surface area contributed by atoms with Crippen molar-refractivity contribution in [2.75, 3.05) is 18.7 Å². The molecule has 1 saturated heterocycles. The van der Waals surface area contributed by atoms with Crippen molar-refractivity contribution in [3.8, 4) is 5.75 Å². The number of carbonyl (C=O) groups is 3. The third-order valence-electron chi connectivity index (χ3n) is 5.42. The molecule has 0 saturated carbocycles. The Balaban J connectivity index is 1.63. The van der Waals surface area contributed by atoms with Gasteiger partial charge in [0.1, 0.15) is 30.0 Å². The summed E-state index contributed by atoms with van der Waals surface area (Å²) in [5.74, 6) is 0.297. The van der Waals surface area contributed by atoms with Gasteiger partial charge in [0.15, 0.2) is 0 Å². The number of thioether (sulfide) groups is 1. The molecule has 2 aromatic carbocycles. The van der Waals surface area contributed by atoms with Gasteiger partial charge in [-0.15, -0.1) is 11.8 Å². The van der Waals surface area contributed by atoms with Crippen molar-refractivity contribution in [2.24, 2.45) is 0 Å². The first-order valence-electron chi connectivity index (χ1n) is 11.6. The van der Waals surface area contributed by atoms with E-state index in [1.807, 2.05) is 0 Å². The number of rotatable bonds is 8. The molecule has 0 aliphatic carbocycles. The predicted molar refractivity (Wildman–Crippen MR) is 144 cm³/mol. The lowest BCUT2D eigenvalue weighted by Gasteiger charge is -2.28. The van der Waals surface area contributed by atoms with Gasteiger partial charge in [-0.1, -0.05) is 41.4 Å². The second-order valence-corrected chi connectivity index (χ2v) is 11.2. The van der Waals surface area contributed by atoms with Crippen LogP contribution in [0.25, 0.3) is 0 Å². The molecule has 1 fully saturated rings. The van der Waals surface area contributed by atoms with Crippen LogP contribution in [0.15, 0.2) is 42.5 Å². The number of hydrogen-bond acceptors (Lipinski definition) is 7. The Morgan fingerprint density at radius 2 is 1.76 bits per heavy atom. The number of hydrogen-bond donors (Lipinski definition) is 1. The molecule has 37 heavy (non-hydrogen) atoms. The van der Waals surface area contributed by atoms with Gasteiger partial charge in [0.05, 0.1) is 13.0 Å². The first-order valence-corrected chi connectivity index (χ1v) is 13.5. The summed E-state index contributed by atoms with van der Waals surface area (Å²) in [5.41, 5.74) is 0.785. The first kappa shape index (κ1) is 28.9. The molecule has 0 aromatic heterocycles. The van der Waals surface area contributed by atoms with Crippen molar-refractivity contribution < 1.29 is 28.6 Å². The first-order chi connectivity index (χ1) is 17.5. The van der Waals surface area contributed by atoms with Crippen molar-refractivity contribution in [3.05, 3.63) is 63.6 Å². The average molecular weight is 570 g/mol. The number of esters is 1. The molecule has 8 nitrogen and oxygen atoms in total. The quantitative estimate of drug-likeness (QED) is 0.443. The summed E-state index contributed by atoms with van der Waals surface area (Å²) in [6, 6.07) is 10.7. The lowest BCUT2D eigenvalue weighted by atomic mass is 10.1. The normalized spacial score (nSPS) is 16.2. The molecule has 2 amide bonds. The van der Waals surface area contributed by atoms with Gasteiger partial charge in [-0.3, -0.25) is 9.69 Å². The second kappa shape index (κ2) is 12.8. The fourth-order valence-electron chi connectivity index (χ4n) is 3.55. The molecule has 1 aliphatic heterocycles. The average Bonchev–Trinajstić information content (AvgIpc) is 3.33. The Morgan fingerprint density at radius 1 is 1.11 bits per heavy atom. The summed E-state index contributed by atoms with van der Waals surface area (Å²) in [6.45, 7) is 5.49. The largest absolute Gasteiger partial charge is 0.489 e. The van der Waals surface area contributed by atoms with E-state index in [1.165, 1.54) is 23.8 Å². The van der Waals surface area contributed by atoms with E-state index in [0.717, 1.165) is 5.56 Å². The number of benzene rings is 2. The highest BCUT2D eigenvalue weighted by Gasteiger charge is 2.38. The summed E-state index contributed by atoms with van der Waals surface area (Å²) >= 11 is 13.8. The molecule has 2 aromatic rings. The zero-order valence-corrected chi connectivity index (χ0v) is 23.4. The van der Waals surface area contributed by atoms with Gasteiger partial charge < -0.3 is 19.5 Å². The van der Waals surface area contributed by atoms with E-state index < -0.39 is 35.7 Å². The Hall–Kier alpha value is -2.62. The maximum atomic E-state index is 13.1. The van der Waals surface area contributed by atoms with E-state index >= 15 is 0 Å². The Labute approximate surface area is 230 Å². The number of methoxy groups -OCH3 is 1. The molecule has 0 radical (unpaired) electrons. The van der Waals surface area contributed by atoms with Crippen LogP contribution in [0.2, 0.25) is 10.0 Å². The minimum Gasteiger partial charge on any atom is -0.489 e. The number of nitrogens with zero attached hydrogens (tertiary/aromatic N) is 1. The van der Waals surface area contributed by atoms with Crippen LogP contribution < -0.4 is 10.1 Å². The number of halogens is 2. The standard InChI is InChI=1S/C26H30Cl2N2O6S/c1-26(2,3)36-25(33)30-15-37-14-22(30)23(31)29-21(24(32)34-4)12-16-8-10-17(11-9-16)35-13-18-19(27)6-5-7-20(18)28/h5-11,21-22H,12-15H2,1-4H3,(H,29,31)/t21-,22?/m0/s1. The highest BCUT2D eigenvalue weighted by molar-refractivity contribution is 7.99. The lowest BCUT2D eigenvalue weighted by molar-refractivity contribution is -0.145. The molecular weight excluding hydrogens is 539 g/mol. The molecule has 3 rings (SSSR count). The topological polar surface area (TPSA) is 94.2 Å². The fraction of sp³-hybridized carbons (Fsp3) is 0.423. The van der Waals surface area contributed by atoms with Gasteiger partial charge in [-0.05, 0) is 50.6 Å². The second-order valence-electron chi connectivity index (χ2n) is 9.39. The summed E-state index contributed by atoms with van der Waals surface area (Å²) < 4.78 is 16.1. The van der Waals surface area contributed by atoms with Gasteiger partial charge >= 0.3 is 12.1 Å². The van der Waals surface area contributed by atoms with Gasteiger partial charge in [-0.25, -0.2) is 9.59 Å². The van der Waals surface area contributed by atoms with Gasteiger partial charge in [0, 0.05) is 27.8 Å². The van der Waals surface area contributed by atoms with Gasteiger partial charge in [-0.2, -0.15) is 0 Å². The van der Waals surface area contributed by atoms with Crippen LogP contribution in [0.4, 0.5) is 4.79 Å². The molecule has 11 heteroatoms. The highest BCUT2D eigenvalue weighted by atomic mass is 35.5. The van der Waals surface area contributed by atoms with Crippen LogP contribution in [0.1, 0.15) is 31.9 Å². The molecule has 0 bridgehead atoms. The molecule has 1 N–H and O–H groups in total. The zero-order chi connectivity index (χ0) is 27.2. The minimum absolute atomic E-state index is 0.196. The molecule has 1 heterocycles. The van der Waals surface area contributed by atoms with E-state index in [9.17, 15) is 14.4 Å². The number of amides is 2. The van der Waals surface area contributed by atoms with Gasteiger partial charge in [0.2, 0.25) is 5.91 Å². The van der Waals surface area contributed by atoms with E-state index in [1.54, 1.807) is 63.2 Å². The Bertz CT molecular complexity index is 1100. The number of nitrogens with one attached hydrogen (secondary N) is 1. The van der Waals surface area contributed by atoms with Crippen molar-refractivity contribution in [2.45, 2.75) is 51.5 Å². The van der Waals surface area contributed by atoms with Crippen molar-refractivity contribution in [1.29, 1.82) is 0 Å². The molecule has 200 valence electrons. The maximum absolute atomic E-state index is 13.1. The Kier molecular flexibility index (Phi) is 9.98. The van der Waals surface area contributed by atoms with Crippen LogP contribution >= 0.6 is 35.0 Å². The third kappa shape index (κ3) is 8.18. The molecule has 1 aliphatic rings. The molecular formula is C26H30Cl2N2O6S. The minimum atomic E-state index is -0.933. The monoisotopic (exact) mass is 568 g/mol. The van der Waals surface area contributed by atoms with E-state index in [-0.39, 0.29) is 13.0 Å². The smallest absolute Gasteiger partial charge is 0.411 e. The predicted octanol–water partition coefficient (Wildman–Crippen LogP) is 5.08.